The first-order valence-corrected chi connectivity index (χ1v) is 5.45. The normalized spacial score (nSPS) is 10.9. The first kappa shape index (κ1) is 14.9. The fourth-order valence-corrected chi connectivity index (χ4v) is 1.18. The molecule has 2 amide bonds. The van der Waals surface area contributed by atoms with Crippen molar-refractivity contribution in [3.63, 3.8) is 0 Å². The van der Waals surface area contributed by atoms with Gasteiger partial charge in [0.15, 0.2) is 0 Å². The molecule has 1 aromatic rings. The lowest BCUT2D eigenvalue weighted by atomic mass is 9.94. The summed E-state index contributed by atoms with van der Waals surface area (Å²) < 4.78 is 25.7. The molecule has 0 radical (unpaired) electrons. The van der Waals surface area contributed by atoms with E-state index in [1.54, 1.807) is 0 Å². The fraction of sp³-hybridized carbons (Fsp3) is 0.333. The molecule has 0 spiro atoms. The van der Waals surface area contributed by atoms with Gasteiger partial charge in [0.05, 0.1) is 5.41 Å². The van der Waals surface area contributed by atoms with E-state index < -0.39 is 29.0 Å². The minimum absolute atomic E-state index is 0.0527. The first-order chi connectivity index (χ1) is 8.70. The molecule has 0 unspecified atom stereocenters. The quantitative estimate of drug-likeness (QED) is 0.786. The number of rotatable bonds is 4. The standard InChI is InChI=1S/C12H14F2N2O3/c1-12(2,10(17)18)6-15-11(19)16-9-4-7(13)3-8(14)5-9/h3-5H,6H2,1-2H3,(H,17,18)(H2,15,16,19). The second-order valence-corrected chi connectivity index (χ2v) is 4.65. The predicted molar refractivity (Wildman–Crippen MR) is 64.8 cm³/mol. The highest BCUT2D eigenvalue weighted by molar-refractivity contribution is 5.89. The Kier molecular flexibility index (Phi) is 4.42. The molecule has 104 valence electrons. The molecule has 0 atom stereocenters. The second kappa shape index (κ2) is 5.64. The van der Waals surface area contributed by atoms with Gasteiger partial charge in [0.1, 0.15) is 11.6 Å². The molecule has 0 aliphatic rings. The van der Waals surface area contributed by atoms with Crippen molar-refractivity contribution in [3.8, 4) is 0 Å². The largest absolute Gasteiger partial charge is 0.481 e. The highest BCUT2D eigenvalue weighted by Gasteiger charge is 2.27. The second-order valence-electron chi connectivity index (χ2n) is 4.65. The van der Waals surface area contributed by atoms with Crippen LogP contribution in [0.3, 0.4) is 0 Å². The maximum absolute atomic E-state index is 12.9. The van der Waals surface area contributed by atoms with Crippen LogP contribution in [0.4, 0.5) is 19.3 Å². The third-order valence-corrected chi connectivity index (χ3v) is 2.39. The minimum Gasteiger partial charge on any atom is -0.481 e. The van der Waals surface area contributed by atoms with E-state index in [0.717, 1.165) is 12.1 Å². The van der Waals surface area contributed by atoms with Crippen LogP contribution in [0.1, 0.15) is 13.8 Å². The minimum atomic E-state index is -1.13. The molecule has 0 saturated carbocycles. The summed E-state index contributed by atoms with van der Waals surface area (Å²) in [4.78, 5) is 22.3. The number of nitrogens with one attached hydrogen (secondary N) is 2. The average molecular weight is 272 g/mol. The summed E-state index contributed by atoms with van der Waals surface area (Å²) in [5.74, 6) is -2.70. The molecule has 0 aliphatic heterocycles. The molecule has 19 heavy (non-hydrogen) atoms. The van der Waals surface area contributed by atoms with Gasteiger partial charge in [0.2, 0.25) is 0 Å². The molecule has 5 nitrogen and oxygen atoms in total. The van der Waals surface area contributed by atoms with Crippen LogP contribution in [-0.2, 0) is 4.79 Å². The number of aliphatic carboxylic acids is 1. The molecule has 1 aromatic carbocycles. The Morgan fingerprint density at radius 1 is 1.21 bits per heavy atom. The van der Waals surface area contributed by atoms with Crippen LogP contribution in [0, 0.1) is 17.0 Å². The number of urea groups is 1. The van der Waals surface area contributed by atoms with Crippen molar-refractivity contribution in [2.45, 2.75) is 13.8 Å². The van der Waals surface area contributed by atoms with Gasteiger partial charge in [-0.15, -0.1) is 0 Å². The maximum atomic E-state index is 12.9. The van der Waals surface area contributed by atoms with Crippen LogP contribution in [0.2, 0.25) is 0 Å². The summed E-state index contributed by atoms with van der Waals surface area (Å²) in [6.45, 7) is 2.76. The number of amides is 2. The van der Waals surface area contributed by atoms with Gasteiger partial charge >= 0.3 is 12.0 Å². The SMILES string of the molecule is CC(C)(CNC(=O)Nc1cc(F)cc(F)c1)C(=O)O. The Balaban J connectivity index is 2.59. The number of halogens is 2. The summed E-state index contributed by atoms with van der Waals surface area (Å²) in [5.41, 5.74) is -1.19. The molecular weight excluding hydrogens is 258 g/mol. The van der Waals surface area contributed by atoms with Gasteiger partial charge in [-0.25, -0.2) is 13.6 Å². The lowest BCUT2D eigenvalue weighted by Gasteiger charge is -2.19. The Labute approximate surface area is 108 Å². The molecule has 3 N–H and O–H groups in total. The molecule has 7 heteroatoms. The van der Waals surface area contributed by atoms with Crippen molar-refractivity contribution < 1.29 is 23.5 Å². The summed E-state index contributed by atoms with van der Waals surface area (Å²) in [7, 11) is 0. The zero-order valence-electron chi connectivity index (χ0n) is 10.5. The summed E-state index contributed by atoms with van der Waals surface area (Å²) in [5, 5.41) is 13.4. The highest BCUT2D eigenvalue weighted by Crippen LogP contribution is 2.14. The number of benzene rings is 1. The van der Waals surface area contributed by atoms with Crippen LogP contribution in [-0.4, -0.2) is 23.7 Å². The van der Waals surface area contributed by atoms with Gasteiger partial charge in [-0.1, -0.05) is 0 Å². The van der Waals surface area contributed by atoms with Crippen molar-refractivity contribution in [1.82, 2.24) is 5.32 Å². The Morgan fingerprint density at radius 3 is 2.21 bits per heavy atom. The molecule has 0 bridgehead atoms. The first-order valence-electron chi connectivity index (χ1n) is 5.45. The van der Waals surface area contributed by atoms with Crippen molar-refractivity contribution >= 4 is 17.7 Å². The number of carbonyl (C=O) groups excluding carboxylic acids is 1. The van der Waals surface area contributed by atoms with Crippen molar-refractivity contribution in [2.24, 2.45) is 5.41 Å². The van der Waals surface area contributed by atoms with Gasteiger partial charge in [0, 0.05) is 18.3 Å². The lowest BCUT2D eigenvalue weighted by molar-refractivity contribution is -0.146. The van der Waals surface area contributed by atoms with Crippen molar-refractivity contribution in [1.29, 1.82) is 0 Å². The van der Waals surface area contributed by atoms with E-state index in [-0.39, 0.29) is 12.2 Å². The molecule has 0 aromatic heterocycles. The average Bonchev–Trinajstić information content (AvgIpc) is 2.24. The van der Waals surface area contributed by atoms with E-state index in [1.165, 1.54) is 13.8 Å². The van der Waals surface area contributed by atoms with E-state index >= 15 is 0 Å². The summed E-state index contributed by atoms with van der Waals surface area (Å²) >= 11 is 0. The van der Waals surface area contributed by atoms with Crippen LogP contribution in [0.25, 0.3) is 0 Å². The van der Waals surface area contributed by atoms with E-state index in [4.69, 9.17) is 5.11 Å². The number of hydrogen-bond acceptors (Lipinski definition) is 2. The van der Waals surface area contributed by atoms with E-state index in [1.807, 2.05) is 0 Å². The van der Waals surface area contributed by atoms with Crippen molar-refractivity contribution in [3.05, 3.63) is 29.8 Å². The number of carboxylic acids is 1. The smallest absolute Gasteiger partial charge is 0.319 e. The van der Waals surface area contributed by atoms with Crippen molar-refractivity contribution in [2.75, 3.05) is 11.9 Å². The third kappa shape index (κ3) is 4.53. The summed E-state index contributed by atoms with van der Waals surface area (Å²) in [6.07, 6.45) is 0. The van der Waals surface area contributed by atoms with Gasteiger partial charge in [-0.2, -0.15) is 0 Å². The Bertz CT molecular complexity index is 483. The fourth-order valence-electron chi connectivity index (χ4n) is 1.18. The Morgan fingerprint density at radius 2 is 1.74 bits per heavy atom. The van der Waals surface area contributed by atoms with E-state index in [9.17, 15) is 18.4 Å². The molecule has 0 heterocycles. The Hall–Kier alpha value is -2.18. The third-order valence-electron chi connectivity index (χ3n) is 2.39. The van der Waals surface area contributed by atoms with Crippen LogP contribution >= 0.6 is 0 Å². The van der Waals surface area contributed by atoms with E-state index in [0.29, 0.717) is 6.07 Å². The molecule has 0 aliphatic carbocycles. The monoisotopic (exact) mass is 272 g/mol. The number of hydrogen-bond donors (Lipinski definition) is 3. The van der Waals surface area contributed by atoms with Crippen LogP contribution in [0.15, 0.2) is 18.2 Å². The molecule has 0 saturated heterocycles. The van der Waals surface area contributed by atoms with Crippen LogP contribution < -0.4 is 10.6 Å². The van der Waals surface area contributed by atoms with Gasteiger partial charge < -0.3 is 15.7 Å². The maximum Gasteiger partial charge on any atom is 0.319 e. The zero-order chi connectivity index (χ0) is 14.6. The molecule has 0 fully saturated rings. The highest BCUT2D eigenvalue weighted by atomic mass is 19.1. The van der Waals surface area contributed by atoms with E-state index in [2.05, 4.69) is 10.6 Å². The number of carbonyl (C=O) groups is 2. The predicted octanol–water partition coefficient (Wildman–Crippen LogP) is 2.20. The summed E-state index contributed by atoms with van der Waals surface area (Å²) in [6, 6.07) is 1.84. The topological polar surface area (TPSA) is 78.4 Å². The van der Waals surface area contributed by atoms with Gasteiger partial charge in [-0.05, 0) is 26.0 Å². The number of anilines is 1. The lowest BCUT2D eigenvalue weighted by Crippen LogP contribution is -2.40. The van der Waals surface area contributed by atoms with Crippen LogP contribution in [0.5, 0.6) is 0 Å². The molecular formula is C12H14F2N2O3. The molecule has 1 rings (SSSR count). The van der Waals surface area contributed by atoms with Gasteiger partial charge in [-0.3, -0.25) is 4.79 Å². The number of carboxylic acid groups (broad SMARTS) is 1. The van der Waals surface area contributed by atoms with Gasteiger partial charge in [0.25, 0.3) is 0 Å². The zero-order valence-corrected chi connectivity index (χ0v) is 10.5.